The Morgan fingerprint density at radius 2 is 2.00 bits per heavy atom. The van der Waals surface area contributed by atoms with Crippen molar-refractivity contribution in [3.05, 3.63) is 28.5 Å². The topological polar surface area (TPSA) is 58.6 Å². The zero-order chi connectivity index (χ0) is 13.2. The molecule has 0 unspecified atom stereocenters. The molecule has 0 amide bonds. The summed E-state index contributed by atoms with van der Waals surface area (Å²) in [4.78, 5) is 2.45. The first kappa shape index (κ1) is 13.9. The summed E-state index contributed by atoms with van der Waals surface area (Å²) >= 11 is 3.05. The largest absolute Gasteiger partial charge is 0.379 e. The molecule has 1 fully saturated rings. The van der Waals surface area contributed by atoms with E-state index in [0.717, 1.165) is 12.1 Å². The first-order chi connectivity index (χ1) is 8.49. The predicted molar refractivity (Wildman–Crippen MR) is 66.8 cm³/mol. The highest BCUT2D eigenvalue weighted by Gasteiger charge is 2.22. The van der Waals surface area contributed by atoms with Crippen LogP contribution in [0.15, 0.2) is 27.6 Å². The Kier molecular flexibility index (Phi) is 4.33. The van der Waals surface area contributed by atoms with Gasteiger partial charge in [0, 0.05) is 17.6 Å². The Balaban J connectivity index is 2.19. The highest BCUT2D eigenvalue weighted by molar-refractivity contribution is 9.10. The van der Waals surface area contributed by atoms with Crippen LogP contribution in [0, 0.1) is 5.82 Å². The van der Waals surface area contributed by atoms with E-state index in [1.54, 1.807) is 5.01 Å². The van der Waals surface area contributed by atoms with Crippen LogP contribution in [-0.4, -0.2) is 39.7 Å². The van der Waals surface area contributed by atoms with E-state index in [1.165, 1.54) is 6.07 Å². The second-order valence-electron chi connectivity index (χ2n) is 3.77. The predicted octanol–water partition coefficient (Wildman–Crippen LogP) is 1.11. The molecule has 0 bridgehead atoms. The maximum atomic E-state index is 12.9. The minimum absolute atomic E-state index is 0.00962. The fourth-order valence-corrected chi connectivity index (χ4v) is 3.74. The van der Waals surface area contributed by atoms with Crippen molar-refractivity contribution in [2.24, 2.45) is 0 Å². The lowest BCUT2D eigenvalue weighted by Crippen LogP contribution is -2.48. The third kappa shape index (κ3) is 3.27. The van der Waals surface area contributed by atoms with Gasteiger partial charge < -0.3 is 4.74 Å². The minimum atomic E-state index is -3.70. The van der Waals surface area contributed by atoms with Gasteiger partial charge in [-0.3, -0.25) is 0 Å². The summed E-state index contributed by atoms with van der Waals surface area (Å²) in [5.74, 6) is -0.493. The standard InChI is InChI=1S/C10H12BrFN2O3S/c11-9-7-8(12)1-2-10(9)18(15,16)13-14-3-5-17-6-4-14/h1-2,7,13H,3-6H2. The van der Waals surface area contributed by atoms with E-state index in [2.05, 4.69) is 20.8 Å². The van der Waals surface area contributed by atoms with Gasteiger partial charge in [0.25, 0.3) is 10.0 Å². The van der Waals surface area contributed by atoms with Gasteiger partial charge >= 0.3 is 0 Å². The number of nitrogens with zero attached hydrogens (tertiary/aromatic N) is 1. The molecule has 0 radical (unpaired) electrons. The van der Waals surface area contributed by atoms with Crippen molar-refractivity contribution in [2.45, 2.75) is 4.90 Å². The number of hydrogen-bond donors (Lipinski definition) is 1. The van der Waals surface area contributed by atoms with E-state index in [4.69, 9.17) is 4.74 Å². The highest BCUT2D eigenvalue weighted by atomic mass is 79.9. The van der Waals surface area contributed by atoms with Crippen LogP contribution in [-0.2, 0) is 14.8 Å². The normalized spacial score (nSPS) is 17.9. The van der Waals surface area contributed by atoms with Crippen molar-refractivity contribution in [1.29, 1.82) is 0 Å². The third-order valence-corrected chi connectivity index (χ3v) is 4.80. The van der Waals surface area contributed by atoms with Gasteiger partial charge in [-0.05, 0) is 34.1 Å². The first-order valence-electron chi connectivity index (χ1n) is 5.29. The quantitative estimate of drug-likeness (QED) is 0.897. The number of morpholine rings is 1. The number of ether oxygens (including phenoxy) is 1. The van der Waals surface area contributed by atoms with Gasteiger partial charge in [0.05, 0.1) is 18.1 Å². The summed E-state index contributed by atoms with van der Waals surface area (Å²) in [7, 11) is -3.70. The maximum Gasteiger partial charge on any atom is 0.254 e. The van der Waals surface area contributed by atoms with Gasteiger partial charge in [0.15, 0.2) is 0 Å². The summed E-state index contributed by atoms with van der Waals surface area (Å²) in [6.07, 6.45) is 0. The van der Waals surface area contributed by atoms with Crippen molar-refractivity contribution >= 4 is 26.0 Å². The molecule has 1 saturated heterocycles. The van der Waals surface area contributed by atoms with Gasteiger partial charge in [-0.1, -0.05) is 0 Å². The van der Waals surface area contributed by atoms with Crippen LogP contribution in [0.2, 0.25) is 0 Å². The van der Waals surface area contributed by atoms with E-state index >= 15 is 0 Å². The van der Waals surface area contributed by atoms with E-state index in [1.807, 2.05) is 0 Å². The number of hydrogen-bond acceptors (Lipinski definition) is 4. The third-order valence-electron chi connectivity index (χ3n) is 2.44. The van der Waals surface area contributed by atoms with Crippen LogP contribution in [0.4, 0.5) is 4.39 Å². The highest BCUT2D eigenvalue weighted by Crippen LogP contribution is 2.22. The molecule has 100 valence electrons. The molecular weight excluding hydrogens is 327 g/mol. The summed E-state index contributed by atoms with van der Waals surface area (Å²) in [6, 6.07) is 3.45. The first-order valence-corrected chi connectivity index (χ1v) is 7.57. The average molecular weight is 339 g/mol. The van der Waals surface area contributed by atoms with Crippen LogP contribution in [0.25, 0.3) is 0 Å². The lowest BCUT2D eigenvalue weighted by Gasteiger charge is -2.26. The molecule has 1 aliphatic heterocycles. The molecule has 1 N–H and O–H groups in total. The van der Waals surface area contributed by atoms with Gasteiger partial charge in [-0.2, -0.15) is 0 Å². The average Bonchev–Trinajstić information content (AvgIpc) is 2.29. The Bertz CT molecular complexity index is 532. The minimum Gasteiger partial charge on any atom is -0.379 e. The van der Waals surface area contributed by atoms with Crippen LogP contribution in [0.1, 0.15) is 0 Å². The fourth-order valence-electron chi connectivity index (χ4n) is 1.57. The zero-order valence-electron chi connectivity index (χ0n) is 9.40. The fraction of sp³-hybridized carbons (Fsp3) is 0.400. The van der Waals surface area contributed by atoms with E-state index < -0.39 is 15.8 Å². The Morgan fingerprint density at radius 1 is 1.33 bits per heavy atom. The Morgan fingerprint density at radius 3 is 2.61 bits per heavy atom. The monoisotopic (exact) mass is 338 g/mol. The zero-order valence-corrected chi connectivity index (χ0v) is 11.8. The summed E-state index contributed by atoms with van der Waals surface area (Å²) < 4.78 is 42.4. The van der Waals surface area contributed by atoms with Gasteiger partial charge in [0.1, 0.15) is 5.82 Å². The van der Waals surface area contributed by atoms with Crippen molar-refractivity contribution in [3.63, 3.8) is 0 Å². The Hall–Kier alpha value is -0.540. The molecule has 1 aliphatic rings. The van der Waals surface area contributed by atoms with E-state index in [-0.39, 0.29) is 9.37 Å². The van der Waals surface area contributed by atoms with Crippen molar-refractivity contribution in [2.75, 3.05) is 26.3 Å². The molecular formula is C10H12BrFN2O3S. The molecule has 0 saturated carbocycles. The molecule has 1 heterocycles. The number of nitrogens with one attached hydrogen (secondary N) is 1. The number of halogens is 2. The molecule has 5 nitrogen and oxygen atoms in total. The van der Waals surface area contributed by atoms with Crippen LogP contribution < -0.4 is 4.83 Å². The molecule has 0 spiro atoms. The molecule has 1 aromatic carbocycles. The molecule has 18 heavy (non-hydrogen) atoms. The number of sulfonamides is 1. The van der Waals surface area contributed by atoms with Crippen molar-refractivity contribution < 1.29 is 17.5 Å². The Labute approximate surface area is 113 Å². The number of rotatable bonds is 3. The molecule has 1 aromatic rings. The lowest BCUT2D eigenvalue weighted by atomic mass is 10.3. The van der Waals surface area contributed by atoms with Gasteiger partial charge in [-0.25, -0.2) is 17.8 Å². The molecule has 8 heteroatoms. The number of benzene rings is 1. The second-order valence-corrected chi connectivity index (χ2v) is 6.25. The number of hydrazine groups is 1. The molecule has 2 rings (SSSR count). The molecule has 0 aliphatic carbocycles. The van der Waals surface area contributed by atoms with Crippen LogP contribution in [0.5, 0.6) is 0 Å². The lowest BCUT2D eigenvalue weighted by molar-refractivity contribution is 0.0272. The summed E-state index contributed by atoms with van der Waals surface area (Å²) in [6.45, 7) is 1.93. The van der Waals surface area contributed by atoms with E-state index in [9.17, 15) is 12.8 Å². The van der Waals surface area contributed by atoms with Crippen molar-refractivity contribution in [1.82, 2.24) is 9.84 Å². The summed E-state index contributed by atoms with van der Waals surface area (Å²) in [5, 5.41) is 1.56. The maximum absolute atomic E-state index is 12.9. The van der Waals surface area contributed by atoms with Gasteiger partial charge in [0.2, 0.25) is 0 Å². The second kappa shape index (κ2) is 5.62. The van der Waals surface area contributed by atoms with Gasteiger partial charge in [-0.15, -0.1) is 4.83 Å². The SMILES string of the molecule is O=S(=O)(NN1CCOCC1)c1ccc(F)cc1Br. The summed E-state index contributed by atoms with van der Waals surface area (Å²) in [5.41, 5.74) is 0. The smallest absolute Gasteiger partial charge is 0.254 e. The molecule has 0 atom stereocenters. The molecule has 0 aromatic heterocycles. The van der Waals surface area contributed by atoms with Crippen molar-refractivity contribution in [3.8, 4) is 0 Å². The van der Waals surface area contributed by atoms with Crippen LogP contribution in [0.3, 0.4) is 0 Å². The van der Waals surface area contributed by atoms with E-state index in [0.29, 0.717) is 26.3 Å². The van der Waals surface area contributed by atoms with Crippen LogP contribution >= 0.6 is 15.9 Å².